The number of amides is 1. The minimum absolute atomic E-state index is 0.000653. The van der Waals surface area contributed by atoms with Crippen LogP contribution in [-0.4, -0.2) is 31.1 Å². The van der Waals surface area contributed by atoms with Crippen molar-refractivity contribution < 1.29 is 27.5 Å². The zero-order valence-electron chi connectivity index (χ0n) is 15.3. The van der Waals surface area contributed by atoms with Crippen LogP contribution < -0.4 is 15.4 Å². The maximum absolute atomic E-state index is 12.8. The fourth-order valence-electron chi connectivity index (χ4n) is 3.67. The van der Waals surface area contributed by atoms with Crippen LogP contribution in [0.25, 0.3) is 10.8 Å². The Balaban J connectivity index is 2.14. The van der Waals surface area contributed by atoms with Gasteiger partial charge in [-0.05, 0) is 48.7 Å². The van der Waals surface area contributed by atoms with Gasteiger partial charge >= 0.3 is 12.1 Å². The van der Waals surface area contributed by atoms with Gasteiger partial charge in [0.25, 0.3) is 0 Å². The first-order valence-corrected chi connectivity index (χ1v) is 9.06. The first-order valence-electron chi connectivity index (χ1n) is 9.06. The first kappa shape index (κ1) is 20.1. The summed E-state index contributed by atoms with van der Waals surface area (Å²) in [6.07, 6.45) is -3.64. The van der Waals surface area contributed by atoms with E-state index in [1.165, 1.54) is 13.0 Å². The molecule has 2 aromatic rings. The molecule has 3 rings (SSSR count). The van der Waals surface area contributed by atoms with Crippen molar-refractivity contribution in [3.8, 4) is 5.75 Å². The maximum Gasteiger partial charge on any atom is 0.491 e. The number of hydrogen-bond acceptors (Lipinski definition) is 4. The summed E-state index contributed by atoms with van der Waals surface area (Å²) in [6, 6.07) is 9.54. The largest absolute Gasteiger partial charge is 0.491 e. The summed E-state index contributed by atoms with van der Waals surface area (Å²) in [5, 5.41) is 7.53. The van der Waals surface area contributed by atoms with Crippen molar-refractivity contribution in [2.24, 2.45) is 5.92 Å². The number of ether oxygens (including phenoxy) is 1. The van der Waals surface area contributed by atoms with Gasteiger partial charge in [-0.25, -0.2) is 4.79 Å². The lowest BCUT2D eigenvalue weighted by atomic mass is 9.83. The molecule has 1 aliphatic heterocycles. The molecule has 0 saturated carbocycles. The molecule has 0 radical (unpaired) electrons. The summed E-state index contributed by atoms with van der Waals surface area (Å²) in [6.45, 7) is 2.84. The van der Waals surface area contributed by atoms with E-state index in [2.05, 4.69) is 10.6 Å². The molecule has 2 aromatic carbocycles. The van der Waals surface area contributed by atoms with E-state index in [1.54, 1.807) is 18.2 Å². The lowest BCUT2D eigenvalue weighted by Gasteiger charge is -2.33. The molecule has 2 N–H and O–H groups in total. The van der Waals surface area contributed by atoms with Crippen LogP contribution in [0.15, 0.2) is 36.4 Å². The second-order valence-corrected chi connectivity index (χ2v) is 6.85. The molecule has 150 valence electrons. The van der Waals surface area contributed by atoms with Crippen LogP contribution in [0, 0.1) is 5.92 Å². The van der Waals surface area contributed by atoms with Crippen LogP contribution in [0.1, 0.15) is 31.4 Å². The number of nitrogens with one attached hydrogen (secondary N) is 2. The SMILES string of the molecule is CC(=O)NC(c1c(OC(=O)C(F)(F)F)ccc2ccccc12)C1CCNCC1. The number of esters is 1. The highest BCUT2D eigenvalue weighted by atomic mass is 19.4. The average Bonchev–Trinajstić information content (AvgIpc) is 2.66. The Kier molecular flexibility index (Phi) is 5.88. The third kappa shape index (κ3) is 4.44. The van der Waals surface area contributed by atoms with Gasteiger partial charge in [-0.3, -0.25) is 4.79 Å². The van der Waals surface area contributed by atoms with Gasteiger partial charge in [0.2, 0.25) is 5.91 Å². The molecule has 1 amide bonds. The van der Waals surface area contributed by atoms with Crippen LogP contribution in [0.3, 0.4) is 0 Å². The molecule has 1 aliphatic rings. The Morgan fingerprint density at radius 1 is 1.14 bits per heavy atom. The van der Waals surface area contributed by atoms with E-state index in [-0.39, 0.29) is 17.6 Å². The summed E-state index contributed by atoms with van der Waals surface area (Å²) in [4.78, 5) is 23.4. The van der Waals surface area contributed by atoms with Gasteiger partial charge in [-0.1, -0.05) is 30.3 Å². The van der Waals surface area contributed by atoms with Gasteiger partial charge < -0.3 is 15.4 Å². The monoisotopic (exact) mass is 394 g/mol. The van der Waals surface area contributed by atoms with Crippen molar-refractivity contribution in [1.29, 1.82) is 0 Å². The maximum atomic E-state index is 12.8. The molecular formula is C20H21F3N2O3. The number of piperidine rings is 1. The van der Waals surface area contributed by atoms with Crippen LogP contribution in [0.2, 0.25) is 0 Å². The van der Waals surface area contributed by atoms with Crippen molar-refractivity contribution in [3.63, 3.8) is 0 Å². The smallest absolute Gasteiger partial charge is 0.419 e. The fraction of sp³-hybridized carbons (Fsp3) is 0.400. The molecule has 0 spiro atoms. The molecule has 28 heavy (non-hydrogen) atoms. The normalized spacial score (nSPS) is 16.6. The van der Waals surface area contributed by atoms with Crippen LogP contribution in [0.4, 0.5) is 13.2 Å². The van der Waals surface area contributed by atoms with Crippen LogP contribution >= 0.6 is 0 Å². The van der Waals surface area contributed by atoms with Gasteiger partial charge in [-0.2, -0.15) is 13.2 Å². The molecule has 8 heteroatoms. The molecule has 1 saturated heterocycles. The van der Waals surface area contributed by atoms with E-state index in [0.717, 1.165) is 31.3 Å². The number of rotatable bonds is 4. The van der Waals surface area contributed by atoms with Gasteiger partial charge in [0.05, 0.1) is 6.04 Å². The van der Waals surface area contributed by atoms with Gasteiger partial charge in [0.15, 0.2) is 0 Å². The topological polar surface area (TPSA) is 67.4 Å². The minimum atomic E-state index is -5.11. The molecular weight excluding hydrogens is 373 g/mol. The number of benzene rings is 2. The summed E-state index contributed by atoms with van der Waals surface area (Å²) >= 11 is 0. The average molecular weight is 394 g/mol. The third-order valence-electron chi connectivity index (χ3n) is 4.89. The number of hydrogen-bond donors (Lipinski definition) is 2. The molecule has 0 bridgehead atoms. The Bertz CT molecular complexity index is 877. The molecule has 0 aliphatic carbocycles. The molecule has 1 fully saturated rings. The molecule has 5 nitrogen and oxygen atoms in total. The van der Waals surface area contributed by atoms with Crippen molar-refractivity contribution >= 4 is 22.6 Å². The van der Waals surface area contributed by atoms with E-state index in [1.807, 2.05) is 12.1 Å². The number of alkyl halides is 3. The van der Waals surface area contributed by atoms with Crippen molar-refractivity contribution in [1.82, 2.24) is 10.6 Å². The first-order chi connectivity index (χ1) is 13.3. The third-order valence-corrected chi connectivity index (χ3v) is 4.89. The molecule has 0 aromatic heterocycles. The van der Waals surface area contributed by atoms with Crippen LogP contribution in [0.5, 0.6) is 5.75 Å². The highest BCUT2D eigenvalue weighted by molar-refractivity contribution is 5.90. The Morgan fingerprint density at radius 3 is 2.46 bits per heavy atom. The fourth-order valence-corrected chi connectivity index (χ4v) is 3.67. The standard InChI is InChI=1S/C20H21F3N2O3/c1-12(26)25-18(14-8-10-24-11-9-14)17-15-5-3-2-4-13(15)6-7-16(17)28-19(27)20(21,22)23/h2-7,14,18,24H,8-11H2,1H3,(H,25,26). The molecule has 1 unspecified atom stereocenters. The quantitative estimate of drug-likeness (QED) is 0.616. The number of carbonyl (C=O) groups excluding carboxylic acids is 2. The zero-order valence-corrected chi connectivity index (χ0v) is 15.3. The Labute approximate surface area is 160 Å². The van der Waals surface area contributed by atoms with Crippen molar-refractivity contribution in [2.75, 3.05) is 13.1 Å². The van der Waals surface area contributed by atoms with E-state index in [4.69, 9.17) is 4.74 Å². The van der Waals surface area contributed by atoms with E-state index in [9.17, 15) is 22.8 Å². The predicted octanol–water partition coefficient (Wildman–Crippen LogP) is 3.48. The zero-order chi connectivity index (χ0) is 20.3. The second kappa shape index (κ2) is 8.18. The van der Waals surface area contributed by atoms with E-state index < -0.39 is 18.2 Å². The van der Waals surface area contributed by atoms with Gasteiger partial charge in [0, 0.05) is 12.5 Å². The van der Waals surface area contributed by atoms with Crippen LogP contribution in [-0.2, 0) is 9.59 Å². The summed E-state index contributed by atoms with van der Waals surface area (Å²) in [5.41, 5.74) is 0.401. The molecule has 1 heterocycles. The number of carbonyl (C=O) groups is 2. The van der Waals surface area contributed by atoms with Gasteiger partial charge in [-0.15, -0.1) is 0 Å². The number of halogens is 3. The second-order valence-electron chi connectivity index (χ2n) is 6.85. The minimum Gasteiger partial charge on any atom is -0.419 e. The lowest BCUT2D eigenvalue weighted by molar-refractivity contribution is -0.189. The highest BCUT2D eigenvalue weighted by Gasteiger charge is 2.42. The van der Waals surface area contributed by atoms with Gasteiger partial charge in [0.1, 0.15) is 5.75 Å². The molecule has 1 atom stereocenters. The lowest BCUT2D eigenvalue weighted by Crippen LogP contribution is -2.38. The Hall–Kier alpha value is -2.61. The van der Waals surface area contributed by atoms with E-state index in [0.29, 0.717) is 10.9 Å². The summed E-state index contributed by atoms with van der Waals surface area (Å²) in [5.74, 6) is -2.77. The van der Waals surface area contributed by atoms with E-state index >= 15 is 0 Å². The summed E-state index contributed by atoms with van der Waals surface area (Å²) < 4.78 is 43.1. The Morgan fingerprint density at radius 2 is 1.82 bits per heavy atom. The number of fused-ring (bicyclic) bond motifs is 1. The van der Waals surface area contributed by atoms with Crippen molar-refractivity contribution in [3.05, 3.63) is 42.0 Å². The predicted molar refractivity (Wildman–Crippen MR) is 97.8 cm³/mol. The highest BCUT2D eigenvalue weighted by Crippen LogP contribution is 2.40. The van der Waals surface area contributed by atoms with Crippen molar-refractivity contribution in [2.45, 2.75) is 32.0 Å². The summed E-state index contributed by atoms with van der Waals surface area (Å²) in [7, 11) is 0.